The van der Waals surface area contributed by atoms with Crippen molar-refractivity contribution in [2.45, 2.75) is 26.3 Å². The van der Waals surface area contributed by atoms with Crippen molar-refractivity contribution in [1.82, 2.24) is 5.32 Å². The molecule has 0 saturated heterocycles. The van der Waals surface area contributed by atoms with Crippen LogP contribution in [0.5, 0.6) is 0 Å². The first kappa shape index (κ1) is 16.3. The molecule has 2 aliphatic heterocycles. The first-order valence-corrected chi connectivity index (χ1v) is 8.58. The maximum absolute atomic E-state index is 13.3. The highest BCUT2D eigenvalue weighted by Crippen LogP contribution is 2.37. The van der Waals surface area contributed by atoms with Crippen molar-refractivity contribution in [3.8, 4) is 0 Å². The third-order valence-electron chi connectivity index (χ3n) is 4.32. The number of amides is 1. The summed E-state index contributed by atoms with van der Waals surface area (Å²) in [7, 11) is 0. The van der Waals surface area contributed by atoms with Gasteiger partial charge in [0.15, 0.2) is 0 Å². The van der Waals surface area contributed by atoms with Gasteiger partial charge in [0.25, 0.3) is 5.91 Å². The Labute approximate surface area is 152 Å². The average molecular weight is 344 g/mol. The van der Waals surface area contributed by atoms with Crippen molar-refractivity contribution in [3.63, 3.8) is 0 Å². The largest absolute Gasteiger partial charge is 0.324 e. The maximum atomic E-state index is 13.3. The smallest absolute Gasteiger partial charge is 0.264 e. The summed E-state index contributed by atoms with van der Waals surface area (Å²) in [5, 5.41) is 3.24. The van der Waals surface area contributed by atoms with E-state index in [1.54, 1.807) is 11.1 Å². The predicted molar refractivity (Wildman–Crippen MR) is 105 cm³/mol. The lowest BCUT2D eigenvalue weighted by atomic mass is 10.0. The number of anilines is 1. The summed E-state index contributed by atoms with van der Waals surface area (Å²) in [6.45, 7) is 6.05. The second-order valence-corrected chi connectivity index (χ2v) is 7.27. The third kappa shape index (κ3) is 2.71. The van der Waals surface area contributed by atoms with Crippen molar-refractivity contribution in [1.29, 1.82) is 0 Å². The number of aliphatic imine (C=N–C) groups is 2. The standard InChI is InChI=1S/C21H20N4O/c1-21(2,3)25-17-12-8-7-11-16(17)23-19-15(20(25)26)13-22-18(24-19)14-9-5-4-6-10-14/h4-13H,1-3H3,(H,22,23,24). The van der Waals surface area contributed by atoms with Gasteiger partial charge in [0.2, 0.25) is 0 Å². The minimum Gasteiger partial charge on any atom is -0.324 e. The molecule has 1 N–H and O–H groups in total. The third-order valence-corrected chi connectivity index (χ3v) is 4.32. The van der Waals surface area contributed by atoms with Crippen molar-refractivity contribution >= 4 is 29.0 Å². The van der Waals surface area contributed by atoms with Gasteiger partial charge >= 0.3 is 0 Å². The van der Waals surface area contributed by atoms with E-state index in [1.807, 2.05) is 75.4 Å². The lowest BCUT2D eigenvalue weighted by Gasteiger charge is -2.36. The van der Waals surface area contributed by atoms with Crippen LogP contribution in [-0.2, 0) is 4.79 Å². The Morgan fingerprint density at radius 2 is 1.62 bits per heavy atom. The second-order valence-electron chi connectivity index (χ2n) is 7.27. The van der Waals surface area contributed by atoms with E-state index in [9.17, 15) is 4.79 Å². The van der Waals surface area contributed by atoms with E-state index in [-0.39, 0.29) is 11.4 Å². The molecule has 2 aromatic carbocycles. The molecule has 0 unspecified atom stereocenters. The quantitative estimate of drug-likeness (QED) is 0.855. The molecule has 1 amide bonds. The molecule has 0 saturated carbocycles. The van der Waals surface area contributed by atoms with E-state index < -0.39 is 0 Å². The first-order chi connectivity index (χ1) is 12.4. The molecular formula is C21H20N4O. The summed E-state index contributed by atoms with van der Waals surface area (Å²) in [5.41, 5.74) is 2.59. The fourth-order valence-corrected chi connectivity index (χ4v) is 3.15. The number of carbonyl (C=O) groups is 1. The van der Waals surface area contributed by atoms with Gasteiger partial charge in [-0.3, -0.25) is 4.79 Å². The SMILES string of the molecule is CC(C)(C)N1C(=O)C2=CN=C(c3ccccc3)NC2=Nc2ccccc21. The number of nitrogens with one attached hydrogen (secondary N) is 1. The van der Waals surface area contributed by atoms with E-state index in [0.717, 1.165) is 16.9 Å². The fourth-order valence-electron chi connectivity index (χ4n) is 3.15. The highest BCUT2D eigenvalue weighted by molar-refractivity contribution is 6.32. The summed E-state index contributed by atoms with van der Waals surface area (Å²) >= 11 is 0. The van der Waals surface area contributed by atoms with Crippen molar-refractivity contribution in [2.75, 3.05) is 4.90 Å². The minimum absolute atomic E-state index is 0.107. The Morgan fingerprint density at radius 1 is 0.923 bits per heavy atom. The number of carbonyl (C=O) groups excluding carboxylic acids is 1. The van der Waals surface area contributed by atoms with Crippen LogP contribution in [0, 0.1) is 0 Å². The van der Waals surface area contributed by atoms with Crippen molar-refractivity contribution in [3.05, 3.63) is 71.9 Å². The zero-order valence-corrected chi connectivity index (χ0v) is 15.0. The van der Waals surface area contributed by atoms with Crippen LogP contribution < -0.4 is 10.2 Å². The van der Waals surface area contributed by atoms with Gasteiger partial charge in [-0.05, 0) is 32.9 Å². The molecule has 4 rings (SSSR count). The Kier molecular flexibility index (Phi) is 3.72. The van der Waals surface area contributed by atoms with Gasteiger partial charge in [-0.25, -0.2) is 9.98 Å². The fraction of sp³-hybridized carbons (Fsp3) is 0.190. The van der Waals surface area contributed by atoms with Crippen LogP contribution in [-0.4, -0.2) is 23.1 Å². The van der Waals surface area contributed by atoms with Gasteiger partial charge in [-0.1, -0.05) is 42.5 Å². The number of hydrogen-bond acceptors (Lipinski definition) is 4. The molecule has 0 spiro atoms. The maximum Gasteiger partial charge on any atom is 0.264 e. The van der Waals surface area contributed by atoms with Gasteiger partial charge in [0.05, 0.1) is 11.4 Å². The molecule has 2 aromatic rings. The van der Waals surface area contributed by atoms with Gasteiger partial charge in [-0.15, -0.1) is 0 Å². The van der Waals surface area contributed by atoms with Crippen molar-refractivity contribution in [2.24, 2.45) is 9.98 Å². The van der Waals surface area contributed by atoms with Gasteiger partial charge in [0, 0.05) is 17.3 Å². The average Bonchev–Trinajstić information content (AvgIpc) is 2.75. The minimum atomic E-state index is -0.386. The van der Waals surface area contributed by atoms with E-state index in [1.165, 1.54) is 0 Å². The molecule has 0 aliphatic carbocycles. The van der Waals surface area contributed by atoms with Gasteiger partial charge in [-0.2, -0.15) is 0 Å². The summed E-state index contributed by atoms with van der Waals surface area (Å²) in [4.78, 5) is 24.3. The van der Waals surface area contributed by atoms with E-state index >= 15 is 0 Å². The molecule has 0 fully saturated rings. The summed E-state index contributed by atoms with van der Waals surface area (Å²) in [5.74, 6) is 1.11. The number of hydrogen-bond donors (Lipinski definition) is 1. The Bertz CT molecular complexity index is 965. The van der Waals surface area contributed by atoms with E-state index in [0.29, 0.717) is 17.2 Å². The topological polar surface area (TPSA) is 57.1 Å². The van der Waals surface area contributed by atoms with Gasteiger partial charge < -0.3 is 10.2 Å². The molecule has 0 bridgehead atoms. The molecule has 2 aliphatic rings. The lowest BCUT2D eigenvalue weighted by molar-refractivity contribution is -0.115. The number of fused-ring (bicyclic) bond motifs is 2. The van der Waals surface area contributed by atoms with Crippen LogP contribution in [0.15, 0.2) is 76.4 Å². The molecule has 0 aromatic heterocycles. The predicted octanol–water partition coefficient (Wildman–Crippen LogP) is 3.80. The van der Waals surface area contributed by atoms with Crippen LogP contribution in [0.3, 0.4) is 0 Å². The van der Waals surface area contributed by atoms with Crippen LogP contribution in [0.4, 0.5) is 11.4 Å². The molecule has 130 valence electrons. The zero-order valence-electron chi connectivity index (χ0n) is 15.0. The normalized spacial score (nSPS) is 16.5. The zero-order chi connectivity index (χ0) is 18.3. The van der Waals surface area contributed by atoms with Crippen LogP contribution >= 0.6 is 0 Å². The lowest BCUT2D eigenvalue weighted by Crippen LogP contribution is -2.48. The van der Waals surface area contributed by atoms with E-state index in [2.05, 4.69) is 10.3 Å². The van der Waals surface area contributed by atoms with Crippen LogP contribution in [0.1, 0.15) is 26.3 Å². The number of nitrogens with zero attached hydrogens (tertiary/aromatic N) is 3. The van der Waals surface area contributed by atoms with Crippen LogP contribution in [0.2, 0.25) is 0 Å². The Balaban J connectivity index is 1.87. The number of benzene rings is 2. The monoisotopic (exact) mass is 344 g/mol. The Hall–Kier alpha value is -3.21. The second kappa shape index (κ2) is 5.95. The highest BCUT2D eigenvalue weighted by atomic mass is 16.2. The molecule has 2 heterocycles. The molecule has 0 radical (unpaired) electrons. The van der Waals surface area contributed by atoms with Crippen molar-refractivity contribution < 1.29 is 4.79 Å². The first-order valence-electron chi connectivity index (χ1n) is 8.58. The molecule has 5 heteroatoms. The summed E-state index contributed by atoms with van der Waals surface area (Å²) < 4.78 is 0. The number of para-hydroxylation sites is 2. The summed E-state index contributed by atoms with van der Waals surface area (Å²) in [6.07, 6.45) is 1.62. The van der Waals surface area contributed by atoms with E-state index in [4.69, 9.17) is 4.99 Å². The molecule has 5 nitrogen and oxygen atoms in total. The van der Waals surface area contributed by atoms with Gasteiger partial charge in [0.1, 0.15) is 17.2 Å². The van der Waals surface area contributed by atoms with Crippen LogP contribution in [0.25, 0.3) is 0 Å². The molecular weight excluding hydrogens is 324 g/mol. The molecule has 26 heavy (non-hydrogen) atoms. The Morgan fingerprint density at radius 3 is 2.35 bits per heavy atom. The number of rotatable bonds is 1. The highest BCUT2D eigenvalue weighted by Gasteiger charge is 2.36. The summed E-state index contributed by atoms with van der Waals surface area (Å²) in [6, 6.07) is 17.5. The number of amidine groups is 2. The molecule has 0 atom stereocenters.